The minimum Gasteiger partial charge on any atom is -0.338 e. The summed E-state index contributed by atoms with van der Waals surface area (Å²) in [5.74, 6) is 0.733. The molecule has 1 saturated carbocycles. The van der Waals surface area contributed by atoms with Crippen LogP contribution >= 0.6 is 27.3 Å². The number of thiazole rings is 1. The molecular formula is C24H28BrN7OS. The number of amides is 2. The predicted molar refractivity (Wildman–Crippen MR) is 138 cm³/mol. The highest BCUT2D eigenvalue weighted by atomic mass is 79.9. The summed E-state index contributed by atoms with van der Waals surface area (Å²) in [7, 11) is 0. The van der Waals surface area contributed by atoms with E-state index in [0.29, 0.717) is 11.7 Å². The monoisotopic (exact) mass is 541 g/mol. The molecule has 34 heavy (non-hydrogen) atoms. The van der Waals surface area contributed by atoms with E-state index in [-0.39, 0.29) is 11.4 Å². The van der Waals surface area contributed by atoms with Crippen molar-refractivity contribution in [2.75, 3.05) is 36.4 Å². The molecule has 3 heterocycles. The number of carbonyl (C=O) groups is 1. The number of piperazine rings is 1. The Labute approximate surface area is 211 Å². The molecule has 2 amide bonds. The molecule has 1 aliphatic carbocycles. The maximum atomic E-state index is 12.5. The highest BCUT2D eigenvalue weighted by Gasteiger charge is 2.39. The number of carbonyl (C=O) groups excluding carboxylic acids is 1. The van der Waals surface area contributed by atoms with Crippen LogP contribution < -0.4 is 20.9 Å². The summed E-state index contributed by atoms with van der Waals surface area (Å²) in [5.41, 5.74) is 3.12. The topological polar surface area (TPSA) is 95.1 Å². The molecule has 0 bridgehead atoms. The van der Waals surface area contributed by atoms with Crippen molar-refractivity contribution in [2.24, 2.45) is 0 Å². The van der Waals surface area contributed by atoms with E-state index < -0.39 is 0 Å². The van der Waals surface area contributed by atoms with E-state index in [1.165, 1.54) is 29.7 Å². The van der Waals surface area contributed by atoms with Crippen molar-refractivity contribution in [2.45, 2.75) is 37.6 Å². The average molecular weight is 543 g/mol. The second kappa shape index (κ2) is 10.4. The van der Waals surface area contributed by atoms with Gasteiger partial charge in [-0.2, -0.15) is 0 Å². The molecule has 1 aromatic carbocycles. The zero-order chi connectivity index (χ0) is 23.4. The number of aromatic nitrogens is 3. The van der Waals surface area contributed by atoms with Crippen LogP contribution in [0.25, 0.3) is 0 Å². The van der Waals surface area contributed by atoms with Crippen LogP contribution in [0.15, 0.2) is 46.5 Å². The van der Waals surface area contributed by atoms with Gasteiger partial charge < -0.3 is 15.5 Å². The maximum absolute atomic E-state index is 12.5. The van der Waals surface area contributed by atoms with Gasteiger partial charge in [0.2, 0.25) is 5.95 Å². The first-order valence-corrected chi connectivity index (χ1v) is 13.3. The second-order valence-electron chi connectivity index (χ2n) is 8.77. The van der Waals surface area contributed by atoms with Gasteiger partial charge in [-0.3, -0.25) is 5.32 Å². The van der Waals surface area contributed by atoms with E-state index in [4.69, 9.17) is 4.98 Å². The molecule has 2 aromatic heterocycles. The third-order valence-corrected chi connectivity index (χ3v) is 7.90. The number of anilines is 2. The Kier molecular flexibility index (Phi) is 7.07. The molecule has 0 atom stereocenters. The van der Waals surface area contributed by atoms with Crippen molar-refractivity contribution >= 4 is 44.4 Å². The van der Waals surface area contributed by atoms with Gasteiger partial charge in [0.05, 0.1) is 5.69 Å². The molecule has 0 spiro atoms. The first-order chi connectivity index (χ1) is 16.6. The van der Waals surface area contributed by atoms with Crippen LogP contribution in [0.5, 0.6) is 0 Å². The van der Waals surface area contributed by atoms with Crippen molar-refractivity contribution in [1.29, 1.82) is 0 Å². The second-order valence-corrected chi connectivity index (χ2v) is 10.5. The zero-order valence-corrected chi connectivity index (χ0v) is 21.3. The molecule has 8 nitrogen and oxygen atoms in total. The molecule has 3 N–H and O–H groups in total. The number of urea groups is 1. The van der Waals surface area contributed by atoms with Crippen LogP contribution in [-0.4, -0.2) is 47.2 Å². The van der Waals surface area contributed by atoms with E-state index >= 15 is 0 Å². The Morgan fingerprint density at radius 3 is 2.53 bits per heavy atom. The van der Waals surface area contributed by atoms with Gasteiger partial charge in [-0.1, -0.05) is 40.9 Å². The molecule has 178 valence electrons. The van der Waals surface area contributed by atoms with Crippen LogP contribution in [0.2, 0.25) is 0 Å². The van der Waals surface area contributed by atoms with Gasteiger partial charge in [0.15, 0.2) is 5.13 Å². The van der Waals surface area contributed by atoms with Crippen LogP contribution in [0, 0.1) is 0 Å². The molecule has 1 saturated heterocycles. The van der Waals surface area contributed by atoms with E-state index in [1.54, 1.807) is 12.4 Å². The maximum Gasteiger partial charge on any atom is 0.321 e. The highest BCUT2D eigenvalue weighted by molar-refractivity contribution is 9.10. The number of halogens is 1. The lowest BCUT2D eigenvalue weighted by molar-refractivity contribution is 0.251. The van der Waals surface area contributed by atoms with E-state index in [0.717, 1.165) is 60.7 Å². The summed E-state index contributed by atoms with van der Waals surface area (Å²) in [6.07, 6.45) is 8.07. The largest absolute Gasteiger partial charge is 0.338 e. The molecule has 5 rings (SSSR count). The van der Waals surface area contributed by atoms with Crippen molar-refractivity contribution in [1.82, 2.24) is 25.6 Å². The molecule has 10 heteroatoms. The van der Waals surface area contributed by atoms with Gasteiger partial charge in [-0.05, 0) is 30.5 Å². The minimum atomic E-state index is -0.281. The minimum absolute atomic E-state index is 0.0723. The quantitative estimate of drug-likeness (QED) is 0.431. The van der Waals surface area contributed by atoms with E-state index in [1.807, 2.05) is 0 Å². The van der Waals surface area contributed by atoms with Crippen LogP contribution in [0.1, 0.15) is 42.5 Å². The Balaban J connectivity index is 1.19. The Hall–Kier alpha value is -2.56. The van der Waals surface area contributed by atoms with Crippen LogP contribution in [0.4, 0.5) is 15.9 Å². The lowest BCUT2D eigenvalue weighted by Crippen LogP contribution is -2.44. The van der Waals surface area contributed by atoms with Crippen LogP contribution in [0.3, 0.4) is 0 Å². The highest BCUT2D eigenvalue weighted by Crippen LogP contribution is 2.47. The number of nitrogens with zero attached hydrogens (tertiary/aromatic N) is 4. The van der Waals surface area contributed by atoms with Crippen molar-refractivity contribution in [3.05, 3.63) is 63.3 Å². The number of benzene rings is 1. The molecular weight excluding hydrogens is 514 g/mol. The molecule has 1 aliphatic heterocycles. The number of rotatable bonds is 6. The summed E-state index contributed by atoms with van der Waals surface area (Å²) < 4.78 is 1.07. The molecule has 3 aromatic rings. The van der Waals surface area contributed by atoms with Crippen molar-refractivity contribution in [3.63, 3.8) is 0 Å². The molecule has 2 aliphatic rings. The molecule has 0 radical (unpaired) electrons. The third kappa shape index (κ3) is 5.08. The summed E-state index contributed by atoms with van der Waals surface area (Å²) in [4.78, 5) is 28.4. The van der Waals surface area contributed by atoms with Crippen molar-refractivity contribution < 1.29 is 4.79 Å². The Morgan fingerprint density at radius 2 is 1.82 bits per heavy atom. The van der Waals surface area contributed by atoms with Gasteiger partial charge >= 0.3 is 6.03 Å². The van der Waals surface area contributed by atoms with Gasteiger partial charge in [0.1, 0.15) is 0 Å². The van der Waals surface area contributed by atoms with Crippen LogP contribution in [-0.2, 0) is 12.0 Å². The average Bonchev–Trinajstić information content (AvgIpc) is 3.55. The van der Waals surface area contributed by atoms with Gasteiger partial charge in [0.25, 0.3) is 0 Å². The lowest BCUT2D eigenvalue weighted by Gasteiger charge is -2.28. The Bertz CT molecular complexity index is 1110. The first kappa shape index (κ1) is 23.2. The SMILES string of the molecule is O=C(NCc1cnc(N2CCNCC2)nc1)Nc1nc(C2(c3ccc(Br)cc3)CCCC2)cs1. The zero-order valence-electron chi connectivity index (χ0n) is 18.9. The van der Waals surface area contributed by atoms with E-state index in [9.17, 15) is 4.79 Å². The number of hydrogen-bond donors (Lipinski definition) is 3. The number of hydrogen-bond acceptors (Lipinski definition) is 7. The summed E-state index contributed by atoms with van der Waals surface area (Å²) >= 11 is 5.00. The third-order valence-electron chi connectivity index (χ3n) is 6.61. The van der Waals surface area contributed by atoms with Gasteiger partial charge in [0, 0.05) is 65.9 Å². The summed E-state index contributed by atoms with van der Waals surface area (Å²) in [6, 6.07) is 8.27. The standard InChI is InChI=1S/C24H28BrN7OS/c25-19-5-3-18(4-6-19)24(7-1-2-8-24)20-16-34-23(30-20)31-22(33)29-15-17-13-27-21(28-14-17)32-11-9-26-10-12-32/h3-6,13-14,16,26H,1-2,7-12,15H2,(H2,29,30,31,33). The first-order valence-electron chi connectivity index (χ1n) is 11.7. The fourth-order valence-electron chi connectivity index (χ4n) is 4.78. The van der Waals surface area contributed by atoms with E-state index in [2.05, 4.69) is 76.4 Å². The van der Waals surface area contributed by atoms with Gasteiger partial charge in [-0.25, -0.2) is 19.7 Å². The van der Waals surface area contributed by atoms with Gasteiger partial charge in [-0.15, -0.1) is 11.3 Å². The Morgan fingerprint density at radius 1 is 1.12 bits per heavy atom. The smallest absolute Gasteiger partial charge is 0.321 e. The predicted octanol–water partition coefficient (Wildman–Crippen LogP) is 4.29. The fourth-order valence-corrected chi connectivity index (χ4v) is 5.85. The normalized spacial score (nSPS) is 17.5. The fraction of sp³-hybridized carbons (Fsp3) is 0.417. The summed E-state index contributed by atoms with van der Waals surface area (Å²) in [6.45, 7) is 4.04. The molecule has 0 unspecified atom stereocenters. The molecule has 2 fully saturated rings. The van der Waals surface area contributed by atoms with Crippen molar-refractivity contribution in [3.8, 4) is 0 Å². The number of nitrogens with one attached hydrogen (secondary N) is 3. The summed E-state index contributed by atoms with van der Waals surface area (Å²) in [5, 5.41) is 11.8. The lowest BCUT2D eigenvalue weighted by atomic mass is 9.76.